The fourth-order valence-electron chi connectivity index (χ4n) is 4.05. The Bertz CT molecular complexity index is 1070. The molecule has 1 amide bonds. The number of piperazine rings is 1. The van der Waals surface area contributed by atoms with E-state index in [0.29, 0.717) is 13.1 Å². The molecule has 1 aromatic heterocycles. The summed E-state index contributed by atoms with van der Waals surface area (Å²) in [6.07, 6.45) is 3.28. The molecule has 0 unspecified atom stereocenters. The Morgan fingerprint density at radius 3 is 2.42 bits per heavy atom. The number of hydrogen-bond donors (Lipinski definition) is 1. The number of rotatable bonds is 6. The number of carbonyl (C=O) groups excluding carboxylic acids is 1. The lowest BCUT2D eigenvalue weighted by Gasteiger charge is -2.36. The second-order valence-corrected chi connectivity index (χ2v) is 8.11. The van der Waals surface area contributed by atoms with E-state index in [2.05, 4.69) is 75.8 Å². The van der Waals surface area contributed by atoms with E-state index >= 15 is 0 Å². The van der Waals surface area contributed by atoms with Crippen molar-refractivity contribution in [2.45, 2.75) is 26.9 Å². The van der Waals surface area contributed by atoms with Crippen molar-refractivity contribution in [2.24, 2.45) is 4.99 Å². The van der Waals surface area contributed by atoms with E-state index in [9.17, 15) is 4.79 Å². The molecule has 1 saturated heterocycles. The highest BCUT2D eigenvalue weighted by Crippen LogP contribution is 2.25. The molecule has 33 heavy (non-hydrogen) atoms. The van der Waals surface area contributed by atoms with Crippen LogP contribution in [0, 0.1) is 0 Å². The van der Waals surface area contributed by atoms with Crippen molar-refractivity contribution in [3.63, 3.8) is 0 Å². The number of carbonyl (C=O) groups is 1. The van der Waals surface area contributed by atoms with Gasteiger partial charge in [-0.25, -0.2) is 14.7 Å². The van der Waals surface area contributed by atoms with Crippen LogP contribution in [-0.2, 0) is 17.9 Å². The minimum atomic E-state index is 0.137. The summed E-state index contributed by atoms with van der Waals surface area (Å²) in [6, 6.07) is 17.0. The lowest BCUT2D eigenvalue weighted by molar-refractivity contribution is -0.130. The number of aromatic nitrogens is 3. The first-order valence-corrected chi connectivity index (χ1v) is 11.4. The summed E-state index contributed by atoms with van der Waals surface area (Å²) in [6.45, 7) is 8.86. The third-order valence-corrected chi connectivity index (χ3v) is 5.85. The van der Waals surface area contributed by atoms with Crippen LogP contribution in [0.15, 0.2) is 66.2 Å². The van der Waals surface area contributed by atoms with E-state index in [1.165, 1.54) is 22.3 Å². The third kappa shape index (κ3) is 5.77. The quantitative estimate of drug-likeness (QED) is 0.466. The zero-order valence-electron chi connectivity index (χ0n) is 19.3. The van der Waals surface area contributed by atoms with Crippen molar-refractivity contribution in [1.29, 1.82) is 0 Å². The van der Waals surface area contributed by atoms with Gasteiger partial charge in [0.1, 0.15) is 12.7 Å². The van der Waals surface area contributed by atoms with Crippen LogP contribution in [0.2, 0.25) is 0 Å². The number of nitrogens with one attached hydrogen (secondary N) is 1. The van der Waals surface area contributed by atoms with Gasteiger partial charge in [0.2, 0.25) is 5.91 Å². The molecule has 1 aliphatic rings. The van der Waals surface area contributed by atoms with Crippen LogP contribution < -0.4 is 5.32 Å². The third-order valence-electron chi connectivity index (χ3n) is 5.85. The number of hydrogen-bond acceptors (Lipinski definition) is 4. The molecule has 8 nitrogen and oxygen atoms in total. The van der Waals surface area contributed by atoms with E-state index in [4.69, 9.17) is 4.99 Å². The Morgan fingerprint density at radius 1 is 1.03 bits per heavy atom. The summed E-state index contributed by atoms with van der Waals surface area (Å²) in [5, 5.41) is 7.59. The molecular formula is C25H31N7O. The molecule has 0 atom stereocenters. The fraction of sp³-hybridized carbons (Fsp3) is 0.360. The molecule has 172 valence electrons. The molecule has 3 aromatic rings. The average molecular weight is 446 g/mol. The summed E-state index contributed by atoms with van der Waals surface area (Å²) < 4.78 is 1.82. The Morgan fingerprint density at radius 2 is 1.76 bits per heavy atom. The predicted molar refractivity (Wildman–Crippen MR) is 130 cm³/mol. The van der Waals surface area contributed by atoms with Crippen molar-refractivity contribution >= 4 is 11.9 Å². The van der Waals surface area contributed by atoms with E-state index in [1.54, 1.807) is 19.6 Å². The minimum Gasteiger partial charge on any atom is -0.357 e. The van der Waals surface area contributed by atoms with Crippen molar-refractivity contribution in [3.05, 3.63) is 72.3 Å². The van der Waals surface area contributed by atoms with Gasteiger partial charge >= 0.3 is 0 Å². The van der Waals surface area contributed by atoms with Crippen LogP contribution in [0.25, 0.3) is 11.1 Å². The first-order chi connectivity index (χ1) is 16.1. The van der Waals surface area contributed by atoms with Crippen molar-refractivity contribution < 1.29 is 4.79 Å². The zero-order chi connectivity index (χ0) is 23.0. The summed E-state index contributed by atoms with van der Waals surface area (Å²) in [7, 11) is 0. The number of aliphatic imine (C=N–C) groups is 1. The van der Waals surface area contributed by atoms with Gasteiger partial charge in [0, 0.05) is 39.6 Å². The smallest absolute Gasteiger partial charge is 0.219 e. The van der Waals surface area contributed by atoms with Crippen LogP contribution in [0.4, 0.5) is 0 Å². The van der Waals surface area contributed by atoms with E-state index in [0.717, 1.165) is 38.7 Å². The summed E-state index contributed by atoms with van der Waals surface area (Å²) in [5.74, 6) is 1.04. The van der Waals surface area contributed by atoms with Gasteiger partial charge in [-0.3, -0.25) is 4.79 Å². The second kappa shape index (κ2) is 10.8. The van der Waals surface area contributed by atoms with Gasteiger partial charge in [0.05, 0.1) is 13.1 Å². The number of nitrogens with zero attached hydrogens (tertiary/aromatic N) is 6. The molecule has 8 heteroatoms. The van der Waals surface area contributed by atoms with Crippen LogP contribution >= 0.6 is 0 Å². The monoisotopic (exact) mass is 445 g/mol. The van der Waals surface area contributed by atoms with E-state index in [1.807, 2.05) is 9.58 Å². The highest BCUT2D eigenvalue weighted by atomic mass is 16.2. The van der Waals surface area contributed by atoms with E-state index in [-0.39, 0.29) is 5.91 Å². The number of benzene rings is 2. The average Bonchev–Trinajstić information content (AvgIpc) is 3.36. The van der Waals surface area contributed by atoms with Gasteiger partial charge < -0.3 is 15.1 Å². The standard InChI is InChI=1S/C25H31N7O/c1-3-27-25(31-14-12-30(13-15-31)20(2)33)28-16-23-6-4-5-7-24(23)22-10-8-21(9-11-22)17-32-19-26-18-29-32/h4-11,18-19H,3,12-17H2,1-2H3,(H,27,28). The molecule has 2 aromatic carbocycles. The lowest BCUT2D eigenvalue weighted by Crippen LogP contribution is -2.53. The highest BCUT2D eigenvalue weighted by Gasteiger charge is 2.21. The fourth-order valence-corrected chi connectivity index (χ4v) is 4.05. The minimum absolute atomic E-state index is 0.137. The van der Waals surface area contributed by atoms with Crippen molar-refractivity contribution in [1.82, 2.24) is 29.9 Å². The SMILES string of the molecule is CCNC(=NCc1ccccc1-c1ccc(Cn2cncn2)cc1)N1CCN(C(C)=O)CC1. The molecule has 0 radical (unpaired) electrons. The lowest BCUT2D eigenvalue weighted by atomic mass is 9.98. The summed E-state index contributed by atoms with van der Waals surface area (Å²) in [5.41, 5.74) is 4.72. The molecule has 1 fully saturated rings. The Hall–Kier alpha value is -3.68. The molecule has 0 bridgehead atoms. The molecule has 0 spiro atoms. The first-order valence-electron chi connectivity index (χ1n) is 11.4. The van der Waals surface area contributed by atoms with Gasteiger partial charge in [-0.05, 0) is 29.2 Å². The maximum Gasteiger partial charge on any atom is 0.219 e. The molecule has 2 heterocycles. The van der Waals surface area contributed by atoms with Gasteiger partial charge in [-0.15, -0.1) is 0 Å². The maximum atomic E-state index is 11.6. The topological polar surface area (TPSA) is 78.7 Å². The summed E-state index contributed by atoms with van der Waals surface area (Å²) in [4.78, 5) is 24.7. The van der Waals surface area contributed by atoms with Gasteiger partial charge in [-0.1, -0.05) is 48.5 Å². The first kappa shape index (κ1) is 22.5. The Balaban J connectivity index is 1.48. The molecular weight excluding hydrogens is 414 g/mol. The molecule has 1 aliphatic heterocycles. The number of amides is 1. The maximum absolute atomic E-state index is 11.6. The normalized spacial score (nSPS) is 14.4. The van der Waals surface area contributed by atoms with Gasteiger partial charge in [-0.2, -0.15) is 5.10 Å². The van der Waals surface area contributed by atoms with Gasteiger partial charge in [0.25, 0.3) is 0 Å². The highest BCUT2D eigenvalue weighted by molar-refractivity contribution is 5.81. The van der Waals surface area contributed by atoms with Crippen LogP contribution in [-0.4, -0.2) is 69.2 Å². The zero-order valence-corrected chi connectivity index (χ0v) is 19.3. The van der Waals surface area contributed by atoms with Crippen molar-refractivity contribution in [3.8, 4) is 11.1 Å². The van der Waals surface area contributed by atoms with Crippen LogP contribution in [0.1, 0.15) is 25.0 Å². The van der Waals surface area contributed by atoms with Gasteiger partial charge in [0.15, 0.2) is 5.96 Å². The van der Waals surface area contributed by atoms with E-state index < -0.39 is 0 Å². The Kier molecular flexibility index (Phi) is 7.34. The molecule has 0 aliphatic carbocycles. The molecule has 1 N–H and O–H groups in total. The predicted octanol–water partition coefficient (Wildman–Crippen LogP) is 2.62. The van der Waals surface area contributed by atoms with Crippen LogP contribution in [0.3, 0.4) is 0 Å². The largest absolute Gasteiger partial charge is 0.357 e. The number of guanidine groups is 1. The molecule has 0 saturated carbocycles. The second-order valence-electron chi connectivity index (χ2n) is 8.11. The summed E-state index contributed by atoms with van der Waals surface area (Å²) >= 11 is 0. The van der Waals surface area contributed by atoms with Crippen LogP contribution in [0.5, 0.6) is 0 Å². The molecule has 4 rings (SSSR count). The Labute approximate surface area is 195 Å². The van der Waals surface area contributed by atoms with Crippen molar-refractivity contribution in [2.75, 3.05) is 32.7 Å².